The number of hydrogen-bond donors (Lipinski definition) is 1. The van der Waals surface area contributed by atoms with Crippen molar-refractivity contribution >= 4 is 5.91 Å². The Hall–Kier alpha value is -1.51. The van der Waals surface area contributed by atoms with E-state index in [0.717, 1.165) is 16.9 Å². The predicted molar refractivity (Wildman–Crippen MR) is 69.4 cm³/mol. The van der Waals surface area contributed by atoms with Crippen molar-refractivity contribution in [3.05, 3.63) is 29.3 Å². The number of rotatable bonds is 5. The van der Waals surface area contributed by atoms with E-state index in [1.807, 2.05) is 19.9 Å². The molecule has 0 fully saturated rings. The molecule has 0 aliphatic rings. The van der Waals surface area contributed by atoms with Crippen molar-refractivity contribution in [3.8, 4) is 5.75 Å². The Bertz CT molecular complexity index is 386. The van der Waals surface area contributed by atoms with E-state index in [1.165, 1.54) is 0 Å². The highest BCUT2D eigenvalue weighted by Crippen LogP contribution is 2.27. The van der Waals surface area contributed by atoms with Crippen molar-refractivity contribution in [2.75, 3.05) is 13.2 Å². The molecular formula is C14H21NO2. The second-order valence-electron chi connectivity index (χ2n) is 4.44. The van der Waals surface area contributed by atoms with Crippen molar-refractivity contribution in [1.29, 1.82) is 0 Å². The minimum atomic E-state index is -0.0799. The molecule has 17 heavy (non-hydrogen) atoms. The quantitative estimate of drug-likeness (QED) is 0.852. The van der Waals surface area contributed by atoms with Crippen LogP contribution in [-0.2, 0) is 4.79 Å². The van der Waals surface area contributed by atoms with Gasteiger partial charge in [-0.25, -0.2) is 0 Å². The van der Waals surface area contributed by atoms with Crippen molar-refractivity contribution in [2.45, 2.75) is 33.6 Å². The van der Waals surface area contributed by atoms with Gasteiger partial charge in [0, 0.05) is 6.54 Å². The molecule has 1 amide bonds. The first kappa shape index (κ1) is 13.6. The fourth-order valence-electron chi connectivity index (χ4n) is 1.64. The Labute approximate surface area is 103 Å². The molecule has 1 aromatic rings. The summed E-state index contributed by atoms with van der Waals surface area (Å²) in [4.78, 5) is 11.3. The van der Waals surface area contributed by atoms with Gasteiger partial charge < -0.3 is 10.1 Å². The highest BCUT2D eigenvalue weighted by molar-refractivity contribution is 5.77. The molecule has 1 N–H and O–H groups in total. The van der Waals surface area contributed by atoms with Crippen LogP contribution in [0, 0.1) is 6.92 Å². The normalized spacial score (nSPS) is 10.4. The number of amides is 1. The summed E-state index contributed by atoms with van der Waals surface area (Å²) in [5.74, 6) is 1.12. The van der Waals surface area contributed by atoms with Crippen LogP contribution in [0.15, 0.2) is 18.2 Å². The highest BCUT2D eigenvalue weighted by Gasteiger charge is 2.09. The molecule has 0 saturated heterocycles. The Kier molecular flexibility index (Phi) is 5.01. The summed E-state index contributed by atoms with van der Waals surface area (Å²) < 4.78 is 5.58. The largest absolute Gasteiger partial charge is 0.483 e. The topological polar surface area (TPSA) is 38.3 Å². The molecular weight excluding hydrogens is 214 g/mol. The number of nitrogens with one attached hydrogen (secondary N) is 1. The first-order valence-electron chi connectivity index (χ1n) is 6.04. The predicted octanol–water partition coefficient (Wildman–Crippen LogP) is 2.63. The van der Waals surface area contributed by atoms with Crippen LogP contribution in [0.5, 0.6) is 5.75 Å². The SMILES string of the molecule is CCNC(=O)COc1cc(C)ccc1C(C)C. The molecule has 0 aliphatic carbocycles. The first-order valence-corrected chi connectivity index (χ1v) is 6.04. The average Bonchev–Trinajstić information content (AvgIpc) is 2.26. The van der Waals surface area contributed by atoms with E-state index in [1.54, 1.807) is 0 Å². The number of hydrogen-bond acceptors (Lipinski definition) is 2. The summed E-state index contributed by atoms with van der Waals surface area (Å²) in [6, 6.07) is 6.11. The van der Waals surface area contributed by atoms with E-state index in [0.29, 0.717) is 12.5 Å². The van der Waals surface area contributed by atoms with Gasteiger partial charge in [0.25, 0.3) is 5.91 Å². The highest BCUT2D eigenvalue weighted by atomic mass is 16.5. The van der Waals surface area contributed by atoms with E-state index in [2.05, 4.69) is 31.3 Å². The summed E-state index contributed by atoms with van der Waals surface area (Å²) in [6.45, 7) is 8.85. The van der Waals surface area contributed by atoms with Gasteiger partial charge >= 0.3 is 0 Å². The average molecular weight is 235 g/mol. The number of carbonyl (C=O) groups is 1. The van der Waals surface area contributed by atoms with E-state index >= 15 is 0 Å². The van der Waals surface area contributed by atoms with Gasteiger partial charge in [0.1, 0.15) is 5.75 Å². The lowest BCUT2D eigenvalue weighted by molar-refractivity contribution is -0.123. The number of aryl methyl sites for hydroxylation is 1. The first-order chi connectivity index (χ1) is 8.04. The van der Waals surface area contributed by atoms with Crippen LogP contribution >= 0.6 is 0 Å². The van der Waals surface area contributed by atoms with Crippen molar-refractivity contribution in [2.24, 2.45) is 0 Å². The monoisotopic (exact) mass is 235 g/mol. The van der Waals surface area contributed by atoms with Gasteiger partial charge in [-0.1, -0.05) is 26.0 Å². The van der Waals surface area contributed by atoms with Gasteiger partial charge in [0.05, 0.1) is 0 Å². The fourth-order valence-corrected chi connectivity index (χ4v) is 1.64. The van der Waals surface area contributed by atoms with Crippen molar-refractivity contribution < 1.29 is 9.53 Å². The molecule has 1 aromatic carbocycles. The molecule has 3 nitrogen and oxygen atoms in total. The van der Waals surface area contributed by atoms with Gasteiger partial charge in [-0.05, 0) is 37.0 Å². The molecule has 94 valence electrons. The smallest absolute Gasteiger partial charge is 0.257 e. The number of carbonyl (C=O) groups excluding carboxylic acids is 1. The summed E-state index contributed by atoms with van der Waals surface area (Å²) in [7, 11) is 0. The summed E-state index contributed by atoms with van der Waals surface area (Å²) in [5, 5.41) is 2.72. The molecule has 0 radical (unpaired) electrons. The van der Waals surface area contributed by atoms with Crippen LogP contribution in [0.2, 0.25) is 0 Å². The van der Waals surface area contributed by atoms with Crippen LogP contribution in [-0.4, -0.2) is 19.1 Å². The maximum atomic E-state index is 11.3. The third kappa shape index (κ3) is 4.10. The molecule has 3 heteroatoms. The van der Waals surface area contributed by atoms with Gasteiger partial charge in [-0.3, -0.25) is 4.79 Å². The molecule has 0 heterocycles. The van der Waals surface area contributed by atoms with E-state index in [4.69, 9.17) is 4.74 Å². The maximum Gasteiger partial charge on any atom is 0.257 e. The summed E-state index contributed by atoms with van der Waals surface area (Å²) in [5.41, 5.74) is 2.28. The van der Waals surface area contributed by atoms with E-state index < -0.39 is 0 Å². The van der Waals surface area contributed by atoms with Crippen molar-refractivity contribution in [1.82, 2.24) is 5.32 Å². The zero-order chi connectivity index (χ0) is 12.8. The fraction of sp³-hybridized carbons (Fsp3) is 0.500. The number of benzene rings is 1. The summed E-state index contributed by atoms with van der Waals surface area (Å²) >= 11 is 0. The van der Waals surface area contributed by atoms with Gasteiger partial charge in [-0.2, -0.15) is 0 Å². The molecule has 0 spiro atoms. The molecule has 0 atom stereocenters. The van der Waals surface area contributed by atoms with Crippen LogP contribution in [0.4, 0.5) is 0 Å². The zero-order valence-corrected chi connectivity index (χ0v) is 11.0. The minimum Gasteiger partial charge on any atom is -0.483 e. The molecule has 0 aromatic heterocycles. The third-order valence-electron chi connectivity index (χ3n) is 2.52. The molecule has 0 unspecified atom stereocenters. The third-order valence-corrected chi connectivity index (χ3v) is 2.52. The van der Waals surface area contributed by atoms with Crippen LogP contribution in [0.3, 0.4) is 0 Å². The van der Waals surface area contributed by atoms with E-state index in [9.17, 15) is 4.79 Å². The van der Waals surface area contributed by atoms with Gasteiger partial charge in [0.2, 0.25) is 0 Å². The molecule has 0 bridgehead atoms. The number of ether oxygens (including phenoxy) is 1. The number of likely N-dealkylation sites (N-methyl/N-ethyl adjacent to an activating group) is 1. The lowest BCUT2D eigenvalue weighted by atomic mass is 10.0. The van der Waals surface area contributed by atoms with Gasteiger partial charge in [0.15, 0.2) is 6.61 Å². The van der Waals surface area contributed by atoms with Crippen molar-refractivity contribution in [3.63, 3.8) is 0 Å². The van der Waals surface area contributed by atoms with Crippen LogP contribution in [0.25, 0.3) is 0 Å². The second kappa shape index (κ2) is 6.28. The zero-order valence-electron chi connectivity index (χ0n) is 11.0. The lowest BCUT2D eigenvalue weighted by Crippen LogP contribution is -2.28. The van der Waals surface area contributed by atoms with Crippen LogP contribution in [0.1, 0.15) is 37.8 Å². The second-order valence-corrected chi connectivity index (χ2v) is 4.44. The van der Waals surface area contributed by atoms with Crippen LogP contribution < -0.4 is 10.1 Å². The summed E-state index contributed by atoms with van der Waals surface area (Å²) in [6.07, 6.45) is 0. The maximum absolute atomic E-state index is 11.3. The minimum absolute atomic E-state index is 0.0799. The standard InChI is InChI=1S/C14H21NO2/c1-5-15-14(16)9-17-13-8-11(4)6-7-12(13)10(2)3/h6-8,10H,5,9H2,1-4H3,(H,15,16). The Balaban J connectivity index is 2.75. The molecule has 1 rings (SSSR count). The molecule has 0 saturated carbocycles. The lowest BCUT2D eigenvalue weighted by Gasteiger charge is -2.14. The Morgan fingerprint density at radius 3 is 2.71 bits per heavy atom. The Morgan fingerprint density at radius 1 is 1.41 bits per heavy atom. The Morgan fingerprint density at radius 2 is 2.12 bits per heavy atom. The van der Waals surface area contributed by atoms with E-state index in [-0.39, 0.29) is 12.5 Å². The molecule has 0 aliphatic heterocycles. The van der Waals surface area contributed by atoms with Gasteiger partial charge in [-0.15, -0.1) is 0 Å².